The van der Waals surface area contributed by atoms with Crippen molar-refractivity contribution in [3.05, 3.63) is 83.6 Å². The number of aromatic nitrogens is 4. The van der Waals surface area contributed by atoms with Gasteiger partial charge in [0.25, 0.3) is 5.92 Å². The lowest BCUT2D eigenvalue weighted by molar-refractivity contribution is -0.137. The number of hydrogen-bond acceptors (Lipinski definition) is 9. The number of imidazole rings is 2. The van der Waals surface area contributed by atoms with E-state index in [4.69, 9.17) is 19.2 Å². The number of alkyl carbamates (subject to hydrolysis) is 2. The zero-order chi connectivity index (χ0) is 44.9. The smallest absolute Gasteiger partial charge is 0.407 e. The third-order valence-electron chi connectivity index (χ3n) is 13.3. The monoisotopic (exact) mass is 878 g/mol. The molecule has 0 spiro atoms. The Morgan fingerprint density at radius 3 is 2.03 bits per heavy atom. The second kappa shape index (κ2) is 17.3. The third-order valence-corrected chi connectivity index (χ3v) is 13.3. The number of aromatic amines is 2. The van der Waals surface area contributed by atoms with Crippen molar-refractivity contribution in [2.24, 2.45) is 11.8 Å². The van der Waals surface area contributed by atoms with Gasteiger partial charge in [-0.1, -0.05) is 44.2 Å². The fourth-order valence-electron chi connectivity index (χ4n) is 9.89. The standard InChI is InChI=1S/C47H52F2N8O7/c1-25(2)39(54-45(60)62-3)43(58)57-18-6-8-38(57)42-51-34-14-11-28(23-35(34)52-42)27-9-12-30-31-13-10-29(22-33(31)47(48,49)32(30)21-27)36-24-50-41(53-36)37-7-5-17-56(37)44(59)40(55-46(61)63-4)26-15-19-64-20-16-26/h9-14,21-26,37-40H,5-8,15-20H2,1-4H3,(H,50,53)(H,51,52)(H,54,60)(H,55,61)/t37-,38-,39?,40-/m0/s1. The van der Waals surface area contributed by atoms with Crippen molar-refractivity contribution >= 4 is 35.0 Å². The fourth-order valence-corrected chi connectivity index (χ4v) is 9.89. The number of ether oxygens (including phenoxy) is 3. The van der Waals surface area contributed by atoms with E-state index in [9.17, 15) is 19.2 Å². The Bertz CT molecular complexity index is 2600. The number of rotatable bonds is 10. The Morgan fingerprint density at radius 1 is 0.766 bits per heavy atom. The second-order valence-electron chi connectivity index (χ2n) is 17.4. The minimum absolute atomic E-state index is 0.0898. The lowest BCUT2D eigenvalue weighted by atomic mass is 9.90. The Labute approximate surface area is 368 Å². The van der Waals surface area contributed by atoms with Gasteiger partial charge in [0, 0.05) is 43.0 Å². The van der Waals surface area contributed by atoms with Gasteiger partial charge >= 0.3 is 12.2 Å². The maximum atomic E-state index is 16.6. The summed E-state index contributed by atoms with van der Waals surface area (Å²) in [5, 5.41) is 5.44. The molecule has 0 saturated carbocycles. The molecule has 1 aliphatic carbocycles. The maximum Gasteiger partial charge on any atom is 0.407 e. The molecule has 4 atom stereocenters. The van der Waals surface area contributed by atoms with Gasteiger partial charge in [-0.2, -0.15) is 8.78 Å². The first-order chi connectivity index (χ1) is 30.9. The van der Waals surface area contributed by atoms with Crippen LogP contribution in [0.25, 0.3) is 44.5 Å². The molecule has 1 unspecified atom stereocenters. The number of hydrogen-bond donors (Lipinski definition) is 4. The molecule has 17 heteroatoms. The molecule has 5 heterocycles. The van der Waals surface area contributed by atoms with E-state index in [1.165, 1.54) is 20.3 Å². The molecular weight excluding hydrogens is 827 g/mol. The number of benzene rings is 3. The van der Waals surface area contributed by atoms with Crippen molar-refractivity contribution in [3.8, 4) is 33.5 Å². The molecule has 2 aromatic heterocycles. The van der Waals surface area contributed by atoms with E-state index in [1.54, 1.807) is 40.3 Å². The fraction of sp³-hybridized carbons (Fsp3) is 0.447. The first-order valence-electron chi connectivity index (χ1n) is 22.0. The summed E-state index contributed by atoms with van der Waals surface area (Å²) in [4.78, 5) is 71.8. The molecule has 3 fully saturated rings. The number of fused-ring (bicyclic) bond motifs is 4. The van der Waals surface area contributed by atoms with Crippen LogP contribution in [0.4, 0.5) is 18.4 Å². The molecular formula is C47H52F2N8O7. The number of halogens is 2. The van der Waals surface area contributed by atoms with Crippen molar-refractivity contribution < 1.29 is 42.2 Å². The van der Waals surface area contributed by atoms with Crippen molar-refractivity contribution in [1.29, 1.82) is 0 Å². The quantitative estimate of drug-likeness (QED) is 0.110. The molecule has 15 nitrogen and oxygen atoms in total. The van der Waals surface area contributed by atoms with Crippen molar-refractivity contribution in [1.82, 2.24) is 40.4 Å². The molecule has 4 amide bonds. The van der Waals surface area contributed by atoms with Gasteiger partial charge in [-0.05, 0) is 96.9 Å². The van der Waals surface area contributed by atoms with E-state index in [1.807, 2.05) is 38.1 Å². The average molecular weight is 879 g/mol. The SMILES string of the molecule is COC(=O)NC(C(=O)N1CCC[C@H]1c1nc2ccc(-c3ccc4c(c3)C(F)(F)c3cc(-c5cnc([C@@H]6CCCN6C(=O)[C@@H](NC(=O)OC)C6CCOCC6)[nH]5)ccc3-4)cc2[nH]1)C(C)C. The van der Waals surface area contributed by atoms with Gasteiger partial charge in [0.15, 0.2) is 0 Å². The predicted molar refractivity (Wildman–Crippen MR) is 232 cm³/mol. The van der Waals surface area contributed by atoms with E-state index in [2.05, 4.69) is 25.6 Å². The van der Waals surface area contributed by atoms with Crippen LogP contribution >= 0.6 is 0 Å². The molecule has 64 heavy (non-hydrogen) atoms. The summed E-state index contributed by atoms with van der Waals surface area (Å²) >= 11 is 0. The number of alkyl halides is 2. The summed E-state index contributed by atoms with van der Waals surface area (Å²) in [6, 6.07) is 13.5. The first kappa shape index (κ1) is 42.9. The lowest BCUT2D eigenvalue weighted by Crippen LogP contribution is -2.53. The summed E-state index contributed by atoms with van der Waals surface area (Å²) < 4.78 is 48.3. The number of nitrogens with one attached hydrogen (secondary N) is 4. The van der Waals surface area contributed by atoms with Gasteiger partial charge in [-0.3, -0.25) is 9.59 Å². The molecule has 336 valence electrons. The summed E-state index contributed by atoms with van der Waals surface area (Å²) in [6.45, 7) is 5.75. The summed E-state index contributed by atoms with van der Waals surface area (Å²) in [6.07, 6.45) is 4.40. The van der Waals surface area contributed by atoms with Crippen molar-refractivity contribution in [2.45, 2.75) is 82.5 Å². The number of carbonyl (C=O) groups is 4. The molecule has 3 aliphatic heterocycles. The molecule has 4 N–H and O–H groups in total. The molecule has 4 aliphatic rings. The number of carbonyl (C=O) groups excluding carboxylic acids is 4. The molecule has 3 aromatic carbocycles. The van der Waals surface area contributed by atoms with Gasteiger partial charge < -0.3 is 44.6 Å². The van der Waals surface area contributed by atoms with Crippen LogP contribution in [0, 0.1) is 11.8 Å². The van der Waals surface area contributed by atoms with E-state index in [-0.39, 0.29) is 46.9 Å². The van der Waals surface area contributed by atoms with Crippen LogP contribution in [0.2, 0.25) is 0 Å². The molecule has 3 saturated heterocycles. The molecule has 5 aromatic rings. The van der Waals surface area contributed by atoms with E-state index in [0.29, 0.717) is 103 Å². The molecule has 9 rings (SSSR count). The number of nitrogens with zero attached hydrogens (tertiary/aromatic N) is 4. The van der Waals surface area contributed by atoms with Crippen LogP contribution in [0.5, 0.6) is 0 Å². The summed E-state index contributed by atoms with van der Waals surface area (Å²) in [7, 11) is 2.53. The van der Waals surface area contributed by atoms with E-state index < -0.39 is 30.2 Å². The predicted octanol–water partition coefficient (Wildman–Crippen LogP) is 7.60. The lowest BCUT2D eigenvalue weighted by Gasteiger charge is -2.34. The van der Waals surface area contributed by atoms with Crippen LogP contribution in [-0.2, 0) is 29.7 Å². The molecule has 0 radical (unpaired) electrons. The van der Waals surface area contributed by atoms with Gasteiger partial charge in [0.05, 0.1) is 49.2 Å². The van der Waals surface area contributed by atoms with Crippen LogP contribution < -0.4 is 10.6 Å². The number of likely N-dealkylation sites (tertiary alicyclic amines) is 2. The highest BCUT2D eigenvalue weighted by Gasteiger charge is 2.45. The van der Waals surface area contributed by atoms with Crippen molar-refractivity contribution in [3.63, 3.8) is 0 Å². The number of methoxy groups -OCH3 is 2. The summed E-state index contributed by atoms with van der Waals surface area (Å²) in [5.41, 5.74) is 4.53. The Balaban J connectivity index is 0.931. The van der Waals surface area contributed by atoms with Crippen LogP contribution in [0.1, 0.15) is 87.2 Å². The second-order valence-corrected chi connectivity index (χ2v) is 17.4. The summed E-state index contributed by atoms with van der Waals surface area (Å²) in [5.74, 6) is -2.81. The van der Waals surface area contributed by atoms with Crippen LogP contribution in [0.15, 0.2) is 60.8 Å². The van der Waals surface area contributed by atoms with Crippen molar-refractivity contribution in [2.75, 3.05) is 40.5 Å². The zero-order valence-corrected chi connectivity index (χ0v) is 36.2. The number of amides is 4. The van der Waals surface area contributed by atoms with Crippen LogP contribution in [-0.4, -0.2) is 106 Å². The van der Waals surface area contributed by atoms with Gasteiger partial charge in [0.1, 0.15) is 23.7 Å². The van der Waals surface area contributed by atoms with E-state index >= 15 is 8.78 Å². The molecule has 0 bridgehead atoms. The average Bonchev–Trinajstić information content (AvgIpc) is 4.17. The highest BCUT2D eigenvalue weighted by Crippen LogP contribution is 2.53. The highest BCUT2D eigenvalue weighted by atomic mass is 19.3. The van der Waals surface area contributed by atoms with Gasteiger partial charge in [0.2, 0.25) is 11.8 Å². The van der Waals surface area contributed by atoms with Gasteiger partial charge in [-0.25, -0.2) is 19.6 Å². The topological polar surface area (TPSA) is 184 Å². The highest BCUT2D eigenvalue weighted by molar-refractivity contribution is 5.89. The maximum absolute atomic E-state index is 16.6. The third kappa shape index (κ3) is 7.83. The Morgan fingerprint density at radius 2 is 1.36 bits per heavy atom. The van der Waals surface area contributed by atoms with Crippen LogP contribution in [0.3, 0.4) is 0 Å². The van der Waals surface area contributed by atoms with Gasteiger partial charge in [-0.15, -0.1) is 0 Å². The first-order valence-corrected chi connectivity index (χ1v) is 22.0. The minimum atomic E-state index is -3.29. The largest absolute Gasteiger partial charge is 0.453 e. The Hall–Kier alpha value is -6.36. The zero-order valence-electron chi connectivity index (χ0n) is 36.2. The normalized spacial score (nSPS) is 20.2. The minimum Gasteiger partial charge on any atom is -0.453 e. The number of H-pyrrole nitrogens is 2. The van der Waals surface area contributed by atoms with E-state index in [0.717, 1.165) is 18.4 Å². The Kier molecular flexibility index (Phi) is 11.6.